The second kappa shape index (κ2) is 2.03. The van der Waals surface area contributed by atoms with E-state index in [-0.39, 0.29) is 0 Å². The summed E-state index contributed by atoms with van der Waals surface area (Å²) in [5.41, 5.74) is 0. The molecule has 1 radical (unpaired) electrons. The van der Waals surface area contributed by atoms with Crippen LogP contribution in [0.2, 0.25) is 5.02 Å². The topological polar surface area (TPSA) is 13.1 Å². The first kappa shape index (κ1) is 5.81. The minimum absolute atomic E-state index is 0.711. The van der Waals surface area contributed by atoms with Crippen molar-refractivity contribution in [2.24, 2.45) is 0 Å². The molecule has 1 aromatic heterocycles. The summed E-state index contributed by atoms with van der Waals surface area (Å²) < 4.78 is 4.93. The lowest BCUT2D eigenvalue weighted by Crippen LogP contribution is -1.64. The Morgan fingerprint density at radius 2 is 2.30 bits per heavy atom. The number of benzene rings is 1. The molecule has 0 saturated carbocycles. The Labute approximate surface area is 63.2 Å². The van der Waals surface area contributed by atoms with Gasteiger partial charge >= 0.3 is 0 Å². The van der Waals surface area contributed by atoms with Gasteiger partial charge in [0.05, 0.1) is 17.5 Å². The van der Waals surface area contributed by atoms with Gasteiger partial charge in [-0.3, -0.25) is 0 Å². The number of fused-ring (bicyclic) bond motifs is 1. The highest BCUT2D eigenvalue weighted by atomic mass is 35.5. The number of rotatable bonds is 0. The molecule has 2 aromatic rings. The minimum Gasteiger partial charge on any atom is -0.471 e. The summed E-state index contributed by atoms with van der Waals surface area (Å²) in [7, 11) is 0. The van der Waals surface area contributed by atoms with Crippen molar-refractivity contribution in [3.63, 3.8) is 0 Å². The molecule has 1 nitrogen and oxygen atoms in total. The van der Waals surface area contributed by atoms with Crippen molar-refractivity contribution in [1.82, 2.24) is 0 Å². The summed E-state index contributed by atoms with van der Waals surface area (Å²) in [6, 6.07) is 6.56. The van der Waals surface area contributed by atoms with E-state index in [1.807, 2.05) is 0 Å². The van der Waals surface area contributed by atoms with Crippen molar-refractivity contribution in [2.75, 3.05) is 0 Å². The summed E-state index contributed by atoms with van der Waals surface area (Å²) in [5, 5.41) is 2.55. The molecule has 0 aliphatic rings. The van der Waals surface area contributed by atoms with Crippen molar-refractivity contribution < 1.29 is 4.42 Å². The number of furan rings is 1. The maximum absolute atomic E-state index is 5.82. The molecule has 1 aromatic carbocycles. The Morgan fingerprint density at radius 1 is 1.40 bits per heavy atom. The second-order valence-corrected chi connectivity index (χ2v) is 2.43. The van der Waals surface area contributed by atoms with E-state index in [1.165, 1.54) is 0 Å². The number of hydrogen-bond acceptors (Lipinski definition) is 1. The molecule has 0 saturated heterocycles. The van der Waals surface area contributed by atoms with Crippen molar-refractivity contribution in [2.45, 2.75) is 0 Å². The van der Waals surface area contributed by atoms with E-state index >= 15 is 0 Å². The molecule has 2 heteroatoms. The van der Waals surface area contributed by atoms with Gasteiger partial charge in [-0.1, -0.05) is 17.7 Å². The molecule has 0 fully saturated rings. The Balaban J connectivity index is 2.95. The average molecular weight is 152 g/mol. The Bertz CT molecular complexity index is 351. The van der Waals surface area contributed by atoms with Crippen LogP contribution in [0.15, 0.2) is 29.1 Å². The fourth-order valence-electron chi connectivity index (χ4n) is 0.888. The zero-order chi connectivity index (χ0) is 6.97. The molecule has 0 bridgehead atoms. The monoisotopic (exact) mass is 151 g/mol. The first-order valence-corrected chi connectivity index (χ1v) is 3.28. The van der Waals surface area contributed by atoms with Crippen LogP contribution in [-0.4, -0.2) is 0 Å². The average Bonchev–Trinajstić information content (AvgIpc) is 2.36. The molecule has 0 aliphatic heterocycles. The molecule has 0 amide bonds. The van der Waals surface area contributed by atoms with Gasteiger partial charge in [0.15, 0.2) is 0 Å². The molecule has 49 valence electrons. The lowest BCUT2D eigenvalue weighted by molar-refractivity contribution is 0.572. The predicted octanol–water partition coefficient (Wildman–Crippen LogP) is 2.89. The zero-order valence-corrected chi connectivity index (χ0v) is 5.85. The van der Waals surface area contributed by atoms with E-state index in [1.54, 1.807) is 24.7 Å². The van der Waals surface area contributed by atoms with Crippen LogP contribution < -0.4 is 0 Å². The maximum atomic E-state index is 5.82. The first-order chi connectivity index (χ1) is 4.88. The predicted molar refractivity (Wildman–Crippen MR) is 40.1 cm³/mol. The van der Waals surface area contributed by atoms with E-state index in [4.69, 9.17) is 16.0 Å². The Kier molecular flexibility index (Phi) is 1.18. The van der Waals surface area contributed by atoms with Crippen LogP contribution in [0.4, 0.5) is 0 Å². The van der Waals surface area contributed by atoms with Crippen LogP contribution in [0.5, 0.6) is 0 Å². The molecular weight excluding hydrogens is 148 g/mol. The van der Waals surface area contributed by atoms with Crippen molar-refractivity contribution in [3.8, 4) is 0 Å². The smallest absolute Gasteiger partial charge is 0.0996 e. The highest BCUT2D eigenvalue weighted by Crippen LogP contribution is 2.22. The molecule has 0 N–H and O–H groups in total. The highest BCUT2D eigenvalue weighted by molar-refractivity contribution is 6.35. The van der Waals surface area contributed by atoms with Crippen LogP contribution in [0.1, 0.15) is 0 Å². The molecular formula is C8H4ClO. The molecule has 0 atom stereocenters. The van der Waals surface area contributed by atoms with E-state index in [2.05, 4.69) is 6.07 Å². The molecule has 10 heavy (non-hydrogen) atoms. The van der Waals surface area contributed by atoms with E-state index in [0.29, 0.717) is 5.02 Å². The summed E-state index contributed by atoms with van der Waals surface area (Å²) in [4.78, 5) is 0. The number of hydrogen-bond donors (Lipinski definition) is 0. The van der Waals surface area contributed by atoms with Gasteiger partial charge in [-0.05, 0) is 12.1 Å². The summed E-state index contributed by atoms with van der Waals surface area (Å²) in [6.45, 7) is 0. The lowest BCUT2D eigenvalue weighted by Gasteiger charge is -1.87. The first-order valence-electron chi connectivity index (χ1n) is 2.90. The third-order valence-electron chi connectivity index (χ3n) is 1.39. The summed E-state index contributed by atoms with van der Waals surface area (Å²) in [5.74, 6) is 0. The molecule has 0 spiro atoms. The van der Waals surface area contributed by atoms with Gasteiger partial charge in [0.2, 0.25) is 0 Å². The largest absolute Gasteiger partial charge is 0.471 e. The van der Waals surface area contributed by atoms with Gasteiger partial charge < -0.3 is 4.42 Å². The quantitative estimate of drug-likeness (QED) is 0.564. The van der Waals surface area contributed by atoms with Crippen molar-refractivity contribution >= 4 is 22.4 Å². The Morgan fingerprint density at radius 3 is 3.10 bits per heavy atom. The van der Waals surface area contributed by atoms with Crippen LogP contribution >= 0.6 is 11.6 Å². The highest BCUT2D eigenvalue weighted by Gasteiger charge is 1.98. The summed E-state index contributed by atoms with van der Waals surface area (Å²) >= 11 is 5.82. The third-order valence-corrected chi connectivity index (χ3v) is 1.72. The van der Waals surface area contributed by atoms with Gasteiger partial charge in [-0.25, -0.2) is 0 Å². The van der Waals surface area contributed by atoms with Gasteiger partial charge in [0.25, 0.3) is 0 Å². The van der Waals surface area contributed by atoms with Crippen LogP contribution in [-0.2, 0) is 0 Å². The SMILES string of the molecule is Clc1cc[c]c2cocc12. The van der Waals surface area contributed by atoms with Crippen molar-refractivity contribution in [3.05, 3.63) is 35.7 Å². The van der Waals surface area contributed by atoms with E-state index < -0.39 is 0 Å². The lowest BCUT2D eigenvalue weighted by atomic mass is 10.2. The van der Waals surface area contributed by atoms with Crippen LogP contribution in [0.3, 0.4) is 0 Å². The minimum atomic E-state index is 0.711. The van der Waals surface area contributed by atoms with Gasteiger partial charge in [0.1, 0.15) is 0 Å². The van der Waals surface area contributed by atoms with Gasteiger partial charge in [-0.2, -0.15) is 0 Å². The summed E-state index contributed by atoms with van der Waals surface area (Å²) in [6.07, 6.45) is 3.25. The fraction of sp³-hybridized carbons (Fsp3) is 0. The van der Waals surface area contributed by atoms with E-state index in [9.17, 15) is 0 Å². The Hall–Kier alpha value is -0.950. The molecule has 1 heterocycles. The molecule has 2 rings (SSSR count). The van der Waals surface area contributed by atoms with Crippen LogP contribution in [0, 0.1) is 6.07 Å². The van der Waals surface area contributed by atoms with Gasteiger partial charge in [0, 0.05) is 10.8 Å². The normalized spacial score (nSPS) is 10.5. The second-order valence-electron chi connectivity index (χ2n) is 2.02. The third kappa shape index (κ3) is 0.711. The van der Waals surface area contributed by atoms with Crippen molar-refractivity contribution in [1.29, 1.82) is 0 Å². The molecule has 0 unspecified atom stereocenters. The standard InChI is InChI=1S/C8H4ClO/c9-8-3-1-2-6-4-10-5-7(6)8/h1,3-5H. The number of halogens is 1. The van der Waals surface area contributed by atoms with Crippen LogP contribution in [0.25, 0.3) is 10.8 Å². The molecule has 0 aliphatic carbocycles. The fourth-order valence-corrected chi connectivity index (χ4v) is 1.10. The maximum Gasteiger partial charge on any atom is 0.0996 e. The van der Waals surface area contributed by atoms with Gasteiger partial charge in [-0.15, -0.1) is 0 Å². The van der Waals surface area contributed by atoms with E-state index in [0.717, 1.165) is 10.8 Å². The zero-order valence-electron chi connectivity index (χ0n) is 5.10.